The number of anilines is 1. The third kappa shape index (κ3) is 6.58. The van der Waals surface area contributed by atoms with Gasteiger partial charge in [0.2, 0.25) is 10.0 Å². The first-order chi connectivity index (χ1) is 13.8. The molecule has 1 aliphatic rings. The molecule has 156 valence electrons. The van der Waals surface area contributed by atoms with E-state index in [9.17, 15) is 13.2 Å². The lowest BCUT2D eigenvalue weighted by Crippen LogP contribution is -2.36. The number of nitrogens with one attached hydrogen (secondary N) is 2. The van der Waals surface area contributed by atoms with Gasteiger partial charge in [-0.05, 0) is 61.7 Å². The SMILES string of the molecule is C[C@H]1CCCCN1Cc1ccc(CNC(=O)c2ccc(NS(C)(=O)=O)cc2)cc1. The Balaban J connectivity index is 1.51. The van der Waals surface area contributed by atoms with Crippen molar-refractivity contribution in [2.45, 2.75) is 45.3 Å². The normalized spacial score (nSPS) is 17.7. The first-order valence-electron chi connectivity index (χ1n) is 9.98. The summed E-state index contributed by atoms with van der Waals surface area (Å²) in [6.07, 6.45) is 4.97. The molecular weight excluding hydrogens is 386 g/mol. The van der Waals surface area contributed by atoms with Crippen molar-refractivity contribution in [1.29, 1.82) is 0 Å². The van der Waals surface area contributed by atoms with E-state index in [1.807, 2.05) is 0 Å². The molecule has 0 saturated carbocycles. The lowest BCUT2D eigenvalue weighted by molar-refractivity contribution is 0.0951. The predicted octanol–water partition coefficient (Wildman–Crippen LogP) is 3.36. The summed E-state index contributed by atoms with van der Waals surface area (Å²) in [5.41, 5.74) is 3.26. The lowest BCUT2D eigenvalue weighted by atomic mass is 10.0. The molecule has 29 heavy (non-hydrogen) atoms. The number of sulfonamides is 1. The van der Waals surface area contributed by atoms with Gasteiger partial charge in [0, 0.05) is 30.4 Å². The minimum absolute atomic E-state index is 0.192. The fourth-order valence-corrected chi connectivity index (χ4v) is 4.14. The Bertz CT molecular complexity index is 925. The Morgan fingerprint density at radius 1 is 1.03 bits per heavy atom. The zero-order valence-corrected chi connectivity index (χ0v) is 17.8. The zero-order valence-electron chi connectivity index (χ0n) is 17.0. The number of hydrogen-bond acceptors (Lipinski definition) is 4. The second-order valence-electron chi connectivity index (χ2n) is 7.77. The van der Waals surface area contributed by atoms with Crippen LogP contribution in [0.5, 0.6) is 0 Å². The van der Waals surface area contributed by atoms with Crippen LogP contribution in [0.25, 0.3) is 0 Å². The summed E-state index contributed by atoms with van der Waals surface area (Å²) >= 11 is 0. The number of carbonyl (C=O) groups is 1. The second kappa shape index (κ2) is 9.41. The number of hydrogen-bond donors (Lipinski definition) is 2. The molecule has 1 heterocycles. The molecule has 2 aromatic rings. The average Bonchev–Trinajstić information content (AvgIpc) is 2.68. The van der Waals surface area contributed by atoms with Gasteiger partial charge in [0.25, 0.3) is 5.91 Å². The molecule has 0 aliphatic carbocycles. The number of benzene rings is 2. The second-order valence-corrected chi connectivity index (χ2v) is 9.51. The topological polar surface area (TPSA) is 78.5 Å². The van der Waals surface area contributed by atoms with Gasteiger partial charge in [-0.1, -0.05) is 30.7 Å². The van der Waals surface area contributed by atoms with Crippen LogP contribution in [-0.2, 0) is 23.1 Å². The van der Waals surface area contributed by atoms with Crippen LogP contribution in [0.1, 0.15) is 47.7 Å². The van der Waals surface area contributed by atoms with Crippen molar-refractivity contribution in [3.8, 4) is 0 Å². The van der Waals surface area contributed by atoms with E-state index in [-0.39, 0.29) is 5.91 Å². The minimum atomic E-state index is -3.33. The Labute approximate surface area is 173 Å². The zero-order chi connectivity index (χ0) is 20.9. The molecule has 0 bridgehead atoms. The van der Waals surface area contributed by atoms with E-state index in [0.29, 0.717) is 23.8 Å². The third-order valence-corrected chi connectivity index (χ3v) is 5.86. The maximum Gasteiger partial charge on any atom is 0.251 e. The summed E-state index contributed by atoms with van der Waals surface area (Å²) < 4.78 is 24.9. The first-order valence-corrected chi connectivity index (χ1v) is 11.9. The van der Waals surface area contributed by atoms with E-state index in [0.717, 1.165) is 24.9 Å². The smallest absolute Gasteiger partial charge is 0.251 e. The highest BCUT2D eigenvalue weighted by molar-refractivity contribution is 7.92. The summed E-state index contributed by atoms with van der Waals surface area (Å²) in [6.45, 7) is 4.88. The van der Waals surface area contributed by atoms with E-state index in [4.69, 9.17) is 0 Å². The van der Waals surface area contributed by atoms with Crippen LogP contribution >= 0.6 is 0 Å². The summed E-state index contributed by atoms with van der Waals surface area (Å²) in [6, 6.07) is 15.4. The molecular formula is C22H29N3O3S. The Morgan fingerprint density at radius 2 is 1.69 bits per heavy atom. The fraction of sp³-hybridized carbons (Fsp3) is 0.409. The van der Waals surface area contributed by atoms with E-state index in [2.05, 4.69) is 46.1 Å². The summed E-state index contributed by atoms with van der Waals surface area (Å²) in [5.74, 6) is -0.192. The van der Waals surface area contributed by atoms with E-state index >= 15 is 0 Å². The number of amides is 1. The highest BCUT2D eigenvalue weighted by Crippen LogP contribution is 2.19. The maximum atomic E-state index is 12.3. The highest BCUT2D eigenvalue weighted by atomic mass is 32.2. The molecule has 1 saturated heterocycles. The van der Waals surface area contributed by atoms with Crippen LogP contribution in [0.15, 0.2) is 48.5 Å². The monoisotopic (exact) mass is 415 g/mol. The van der Waals surface area contributed by atoms with Crippen molar-refractivity contribution in [3.63, 3.8) is 0 Å². The van der Waals surface area contributed by atoms with Crippen molar-refractivity contribution in [2.75, 3.05) is 17.5 Å². The van der Waals surface area contributed by atoms with Crippen LogP contribution < -0.4 is 10.0 Å². The maximum absolute atomic E-state index is 12.3. The molecule has 1 amide bonds. The van der Waals surface area contributed by atoms with Crippen molar-refractivity contribution >= 4 is 21.6 Å². The molecule has 2 aromatic carbocycles. The van der Waals surface area contributed by atoms with E-state index in [1.54, 1.807) is 24.3 Å². The number of nitrogens with zero attached hydrogens (tertiary/aromatic N) is 1. The molecule has 1 aliphatic heterocycles. The van der Waals surface area contributed by atoms with Gasteiger partial charge in [-0.3, -0.25) is 14.4 Å². The first kappa shape index (κ1) is 21.3. The molecule has 3 rings (SSSR count). The van der Waals surface area contributed by atoms with Gasteiger partial charge in [-0.25, -0.2) is 8.42 Å². The average molecular weight is 416 g/mol. The van der Waals surface area contributed by atoms with Crippen LogP contribution in [0.4, 0.5) is 5.69 Å². The standard InChI is InChI=1S/C22H29N3O3S/c1-17-5-3-4-14-25(17)16-19-8-6-18(7-9-19)15-23-22(26)20-10-12-21(13-11-20)24-29(2,27)28/h6-13,17,24H,3-5,14-16H2,1-2H3,(H,23,26)/t17-/m0/s1. The Morgan fingerprint density at radius 3 is 2.31 bits per heavy atom. The Hall–Kier alpha value is -2.38. The molecule has 0 aromatic heterocycles. The summed E-state index contributed by atoms with van der Waals surface area (Å²) in [4.78, 5) is 14.9. The van der Waals surface area contributed by atoms with Gasteiger partial charge in [-0.15, -0.1) is 0 Å². The van der Waals surface area contributed by atoms with Gasteiger partial charge in [0.15, 0.2) is 0 Å². The van der Waals surface area contributed by atoms with Gasteiger partial charge in [0.1, 0.15) is 0 Å². The van der Waals surface area contributed by atoms with Gasteiger partial charge in [-0.2, -0.15) is 0 Å². The van der Waals surface area contributed by atoms with Crippen molar-refractivity contribution in [2.24, 2.45) is 0 Å². The largest absolute Gasteiger partial charge is 0.348 e. The molecule has 7 heteroatoms. The number of rotatable bonds is 7. The highest BCUT2D eigenvalue weighted by Gasteiger charge is 2.18. The number of piperidine rings is 1. The van der Waals surface area contributed by atoms with Crippen LogP contribution in [-0.4, -0.2) is 38.1 Å². The van der Waals surface area contributed by atoms with Crippen LogP contribution in [0.3, 0.4) is 0 Å². The molecule has 6 nitrogen and oxygen atoms in total. The Kier molecular flexibility index (Phi) is 6.92. The number of carbonyl (C=O) groups excluding carboxylic acids is 1. The lowest BCUT2D eigenvalue weighted by Gasteiger charge is -2.33. The molecule has 1 fully saturated rings. The molecule has 0 radical (unpaired) electrons. The van der Waals surface area contributed by atoms with Crippen molar-refractivity contribution in [3.05, 3.63) is 65.2 Å². The van der Waals surface area contributed by atoms with Crippen molar-refractivity contribution < 1.29 is 13.2 Å². The quantitative estimate of drug-likeness (QED) is 0.727. The molecule has 0 spiro atoms. The fourth-order valence-electron chi connectivity index (χ4n) is 3.58. The summed E-state index contributed by atoms with van der Waals surface area (Å²) in [7, 11) is -3.33. The minimum Gasteiger partial charge on any atom is -0.348 e. The van der Waals surface area contributed by atoms with Gasteiger partial charge < -0.3 is 5.32 Å². The molecule has 2 N–H and O–H groups in total. The van der Waals surface area contributed by atoms with Crippen LogP contribution in [0, 0.1) is 0 Å². The third-order valence-electron chi connectivity index (χ3n) is 5.25. The summed E-state index contributed by atoms with van der Waals surface area (Å²) in [5, 5.41) is 2.90. The van der Waals surface area contributed by atoms with E-state index in [1.165, 1.54) is 24.8 Å². The molecule has 1 atom stereocenters. The van der Waals surface area contributed by atoms with Gasteiger partial charge in [0.05, 0.1) is 6.26 Å². The van der Waals surface area contributed by atoms with Crippen molar-refractivity contribution in [1.82, 2.24) is 10.2 Å². The van der Waals surface area contributed by atoms with Gasteiger partial charge >= 0.3 is 0 Å². The number of likely N-dealkylation sites (tertiary alicyclic amines) is 1. The molecule has 0 unspecified atom stereocenters. The predicted molar refractivity (Wildman–Crippen MR) is 116 cm³/mol. The van der Waals surface area contributed by atoms with E-state index < -0.39 is 10.0 Å². The van der Waals surface area contributed by atoms with Crippen LogP contribution in [0.2, 0.25) is 0 Å².